The molecule has 0 bridgehead atoms. The molecule has 1 aliphatic heterocycles. The molecular formula is C17H20ClN3O4S. The van der Waals surface area contributed by atoms with Crippen LogP contribution in [0.4, 0.5) is 5.82 Å². The van der Waals surface area contributed by atoms with E-state index >= 15 is 0 Å². The van der Waals surface area contributed by atoms with Crippen LogP contribution in [0.25, 0.3) is 0 Å². The Balaban J connectivity index is 1.72. The average Bonchev–Trinajstić information content (AvgIpc) is 3.11. The maximum absolute atomic E-state index is 12.5. The Morgan fingerprint density at radius 2 is 2.15 bits per heavy atom. The Labute approximate surface area is 157 Å². The number of ether oxygens (including phenoxy) is 1. The topological polar surface area (TPSA) is 90.3 Å². The average molecular weight is 398 g/mol. The van der Waals surface area contributed by atoms with Crippen molar-refractivity contribution in [3.05, 3.63) is 41.0 Å². The Morgan fingerprint density at radius 1 is 1.42 bits per heavy atom. The highest BCUT2D eigenvalue weighted by Crippen LogP contribution is 2.28. The standard InChI is InChI=1S/C17H20ClN3O4S/c1-11-9-16(21(20-11)13-7-8-26(23,24)10-13)19-17(22)12(2)25-15-6-4-3-5-14(15)18/h3-6,9,12-13H,7-8,10H2,1-2H3,(H,19,22). The molecular weight excluding hydrogens is 378 g/mol. The number of carbonyl (C=O) groups is 1. The van der Waals surface area contributed by atoms with Gasteiger partial charge in [0, 0.05) is 6.07 Å². The molecule has 1 aromatic carbocycles. The minimum Gasteiger partial charge on any atom is -0.479 e. The highest BCUT2D eigenvalue weighted by atomic mass is 35.5. The van der Waals surface area contributed by atoms with Gasteiger partial charge in [0.05, 0.1) is 28.3 Å². The fourth-order valence-electron chi connectivity index (χ4n) is 2.87. The van der Waals surface area contributed by atoms with Crippen LogP contribution in [0.2, 0.25) is 5.02 Å². The second-order valence-corrected chi connectivity index (χ2v) is 8.99. The number of aryl methyl sites for hydroxylation is 1. The highest BCUT2D eigenvalue weighted by molar-refractivity contribution is 7.91. The molecule has 3 rings (SSSR count). The predicted molar refractivity (Wildman–Crippen MR) is 99.4 cm³/mol. The summed E-state index contributed by atoms with van der Waals surface area (Å²) in [6, 6.07) is 8.35. The molecule has 0 saturated carbocycles. The number of sulfone groups is 1. The summed E-state index contributed by atoms with van der Waals surface area (Å²) < 4.78 is 30.7. The largest absolute Gasteiger partial charge is 0.479 e. The van der Waals surface area contributed by atoms with E-state index in [1.54, 1.807) is 48.9 Å². The van der Waals surface area contributed by atoms with Crippen molar-refractivity contribution in [1.29, 1.82) is 0 Å². The van der Waals surface area contributed by atoms with E-state index in [0.717, 1.165) is 0 Å². The van der Waals surface area contributed by atoms with Crippen molar-refractivity contribution in [2.45, 2.75) is 32.4 Å². The van der Waals surface area contributed by atoms with Crippen LogP contribution in [0.5, 0.6) is 5.75 Å². The summed E-state index contributed by atoms with van der Waals surface area (Å²) in [5, 5.41) is 7.54. The lowest BCUT2D eigenvalue weighted by Crippen LogP contribution is -2.31. The monoisotopic (exact) mass is 397 g/mol. The molecule has 9 heteroatoms. The SMILES string of the molecule is Cc1cc(NC(=O)C(C)Oc2ccccc2Cl)n(C2CCS(=O)(=O)C2)n1. The van der Waals surface area contributed by atoms with Crippen LogP contribution >= 0.6 is 11.6 Å². The maximum Gasteiger partial charge on any atom is 0.266 e. The molecule has 2 heterocycles. The van der Waals surface area contributed by atoms with Crippen LogP contribution in [-0.2, 0) is 14.6 Å². The predicted octanol–water partition coefficient (Wildman–Crippen LogP) is 2.61. The molecule has 1 amide bonds. The van der Waals surface area contributed by atoms with E-state index in [1.165, 1.54) is 0 Å². The second kappa shape index (κ2) is 7.28. The first kappa shape index (κ1) is 18.7. The van der Waals surface area contributed by atoms with Gasteiger partial charge in [-0.15, -0.1) is 0 Å². The molecule has 0 spiro atoms. The molecule has 1 N–H and O–H groups in total. The third kappa shape index (κ3) is 4.19. The number of anilines is 1. The number of carbonyl (C=O) groups excluding carboxylic acids is 1. The first-order valence-electron chi connectivity index (χ1n) is 8.24. The van der Waals surface area contributed by atoms with Crippen molar-refractivity contribution in [2.75, 3.05) is 16.8 Å². The molecule has 1 saturated heterocycles. The van der Waals surface area contributed by atoms with Gasteiger partial charge in [-0.2, -0.15) is 5.10 Å². The number of nitrogens with one attached hydrogen (secondary N) is 1. The van der Waals surface area contributed by atoms with Gasteiger partial charge >= 0.3 is 0 Å². The number of nitrogens with zero attached hydrogens (tertiary/aromatic N) is 2. The zero-order valence-corrected chi connectivity index (χ0v) is 16.0. The number of rotatable bonds is 5. The van der Waals surface area contributed by atoms with Crippen molar-refractivity contribution in [1.82, 2.24) is 9.78 Å². The molecule has 1 aliphatic rings. The van der Waals surface area contributed by atoms with E-state index in [2.05, 4.69) is 10.4 Å². The normalized spacial score (nSPS) is 19.9. The van der Waals surface area contributed by atoms with Crippen molar-refractivity contribution in [2.24, 2.45) is 0 Å². The van der Waals surface area contributed by atoms with Crippen LogP contribution in [0, 0.1) is 6.92 Å². The second-order valence-electron chi connectivity index (χ2n) is 6.35. The molecule has 0 aliphatic carbocycles. The van der Waals surface area contributed by atoms with Gasteiger partial charge < -0.3 is 10.1 Å². The summed E-state index contributed by atoms with van der Waals surface area (Å²) in [5.74, 6) is 0.679. The molecule has 2 atom stereocenters. The molecule has 1 fully saturated rings. The summed E-state index contributed by atoms with van der Waals surface area (Å²) in [6.45, 7) is 3.41. The van der Waals surface area contributed by atoms with Crippen molar-refractivity contribution < 1.29 is 17.9 Å². The van der Waals surface area contributed by atoms with E-state index in [1.807, 2.05) is 0 Å². The van der Waals surface area contributed by atoms with Gasteiger partial charge in [0.15, 0.2) is 15.9 Å². The smallest absolute Gasteiger partial charge is 0.266 e. The molecule has 7 nitrogen and oxygen atoms in total. The number of aromatic nitrogens is 2. The number of hydrogen-bond donors (Lipinski definition) is 1. The van der Waals surface area contributed by atoms with Crippen molar-refractivity contribution >= 4 is 33.2 Å². The van der Waals surface area contributed by atoms with Crippen LogP contribution in [0.15, 0.2) is 30.3 Å². The Kier molecular flexibility index (Phi) is 5.24. The minimum absolute atomic E-state index is 0.0304. The Hall–Kier alpha value is -2.06. The fourth-order valence-corrected chi connectivity index (χ4v) is 4.74. The molecule has 26 heavy (non-hydrogen) atoms. The van der Waals surface area contributed by atoms with Gasteiger partial charge in [-0.3, -0.25) is 4.79 Å². The summed E-state index contributed by atoms with van der Waals surface area (Å²) in [7, 11) is -3.05. The number of hydrogen-bond acceptors (Lipinski definition) is 5. The Bertz CT molecular complexity index is 926. The molecule has 2 aromatic rings. The third-order valence-corrected chi connectivity index (χ3v) is 6.24. The van der Waals surface area contributed by atoms with E-state index in [4.69, 9.17) is 16.3 Å². The quantitative estimate of drug-likeness (QED) is 0.837. The van der Waals surface area contributed by atoms with Gasteiger partial charge in [-0.25, -0.2) is 13.1 Å². The van der Waals surface area contributed by atoms with Crippen LogP contribution in [0.3, 0.4) is 0 Å². The Morgan fingerprint density at radius 3 is 2.81 bits per heavy atom. The van der Waals surface area contributed by atoms with Crippen molar-refractivity contribution in [3.63, 3.8) is 0 Å². The lowest BCUT2D eigenvalue weighted by molar-refractivity contribution is -0.122. The van der Waals surface area contributed by atoms with Gasteiger partial charge in [0.1, 0.15) is 11.6 Å². The molecule has 2 unspecified atom stereocenters. The van der Waals surface area contributed by atoms with Gasteiger partial charge in [0.25, 0.3) is 5.91 Å². The van der Waals surface area contributed by atoms with Crippen LogP contribution in [0.1, 0.15) is 25.1 Å². The first-order chi connectivity index (χ1) is 12.2. The number of benzene rings is 1. The first-order valence-corrected chi connectivity index (χ1v) is 10.4. The van der Waals surface area contributed by atoms with Crippen LogP contribution < -0.4 is 10.1 Å². The summed E-state index contributed by atoms with van der Waals surface area (Å²) in [4.78, 5) is 12.5. The lowest BCUT2D eigenvalue weighted by Gasteiger charge is -2.17. The molecule has 1 aromatic heterocycles. The van der Waals surface area contributed by atoms with E-state index in [9.17, 15) is 13.2 Å². The zero-order chi connectivity index (χ0) is 18.9. The molecule has 0 radical (unpaired) electrons. The van der Waals surface area contributed by atoms with Crippen LogP contribution in [-0.4, -0.2) is 41.7 Å². The zero-order valence-electron chi connectivity index (χ0n) is 14.5. The van der Waals surface area contributed by atoms with Gasteiger partial charge in [0.2, 0.25) is 0 Å². The fraction of sp³-hybridized carbons (Fsp3) is 0.412. The van der Waals surface area contributed by atoms with E-state index in [-0.39, 0.29) is 23.5 Å². The minimum atomic E-state index is -3.05. The van der Waals surface area contributed by atoms with Gasteiger partial charge in [-0.05, 0) is 32.4 Å². The number of halogens is 1. The third-order valence-electron chi connectivity index (χ3n) is 4.17. The summed E-state index contributed by atoms with van der Waals surface area (Å²) in [6.07, 6.45) is -0.302. The van der Waals surface area contributed by atoms with E-state index < -0.39 is 15.9 Å². The summed E-state index contributed by atoms with van der Waals surface area (Å²) >= 11 is 6.05. The van der Waals surface area contributed by atoms with E-state index in [0.29, 0.717) is 28.7 Å². The maximum atomic E-state index is 12.5. The highest BCUT2D eigenvalue weighted by Gasteiger charge is 2.31. The van der Waals surface area contributed by atoms with Gasteiger partial charge in [-0.1, -0.05) is 23.7 Å². The number of para-hydroxylation sites is 1. The van der Waals surface area contributed by atoms with Crippen molar-refractivity contribution in [3.8, 4) is 5.75 Å². The lowest BCUT2D eigenvalue weighted by atomic mass is 10.2. The summed E-state index contributed by atoms with van der Waals surface area (Å²) in [5.41, 5.74) is 0.698. The number of amides is 1. The molecule has 140 valence electrons.